The van der Waals surface area contributed by atoms with Crippen molar-refractivity contribution in [1.29, 1.82) is 0 Å². The van der Waals surface area contributed by atoms with Crippen LogP contribution in [0.2, 0.25) is 0 Å². The number of carbonyl (C=O) groups is 1. The van der Waals surface area contributed by atoms with Crippen molar-refractivity contribution in [2.45, 2.75) is 25.7 Å². The standard InChI is InChI=1S/C12H23NO4/c14-7-5-13(6-8-15)12(16)2-1-11-3-9-17-10-4-11/h11,14-15H,1-10H2. The molecule has 0 unspecified atom stereocenters. The maximum Gasteiger partial charge on any atom is 0.222 e. The van der Waals surface area contributed by atoms with Gasteiger partial charge in [0.2, 0.25) is 5.91 Å². The Bertz CT molecular complexity index is 211. The van der Waals surface area contributed by atoms with Crippen molar-refractivity contribution in [3.05, 3.63) is 0 Å². The van der Waals surface area contributed by atoms with Gasteiger partial charge in [0.05, 0.1) is 13.2 Å². The lowest BCUT2D eigenvalue weighted by atomic mass is 9.95. The van der Waals surface area contributed by atoms with Crippen LogP contribution in [-0.4, -0.2) is 60.5 Å². The van der Waals surface area contributed by atoms with Crippen LogP contribution >= 0.6 is 0 Å². The second kappa shape index (κ2) is 8.44. The Morgan fingerprint density at radius 3 is 2.29 bits per heavy atom. The minimum atomic E-state index is -0.0526. The van der Waals surface area contributed by atoms with E-state index in [9.17, 15) is 4.79 Å². The zero-order valence-corrected chi connectivity index (χ0v) is 10.3. The predicted molar refractivity (Wildman–Crippen MR) is 63.5 cm³/mol. The van der Waals surface area contributed by atoms with Gasteiger partial charge in [-0.3, -0.25) is 4.79 Å². The molecule has 5 heteroatoms. The van der Waals surface area contributed by atoms with Crippen molar-refractivity contribution < 1.29 is 19.7 Å². The second-order valence-electron chi connectivity index (χ2n) is 4.42. The van der Waals surface area contributed by atoms with Crippen LogP contribution < -0.4 is 0 Å². The molecule has 0 saturated carbocycles. The number of aliphatic hydroxyl groups excluding tert-OH is 2. The minimum absolute atomic E-state index is 0.0274. The summed E-state index contributed by atoms with van der Waals surface area (Å²) in [5, 5.41) is 17.7. The van der Waals surface area contributed by atoms with Crippen LogP contribution in [0.5, 0.6) is 0 Å². The summed E-state index contributed by atoms with van der Waals surface area (Å²) in [5.41, 5.74) is 0. The molecular formula is C12H23NO4. The molecule has 0 aromatic rings. The van der Waals surface area contributed by atoms with E-state index in [0.717, 1.165) is 32.5 Å². The van der Waals surface area contributed by atoms with Crippen LogP contribution in [0.25, 0.3) is 0 Å². The second-order valence-corrected chi connectivity index (χ2v) is 4.42. The molecule has 0 atom stereocenters. The molecule has 0 radical (unpaired) electrons. The molecule has 1 aliphatic heterocycles. The molecule has 1 fully saturated rings. The Kier molecular flexibility index (Phi) is 7.16. The van der Waals surface area contributed by atoms with Gasteiger partial charge in [-0.05, 0) is 25.2 Å². The van der Waals surface area contributed by atoms with E-state index in [0.29, 0.717) is 25.4 Å². The maximum absolute atomic E-state index is 11.8. The molecule has 0 aromatic heterocycles. The van der Waals surface area contributed by atoms with Crippen molar-refractivity contribution in [1.82, 2.24) is 4.90 Å². The molecule has 1 amide bonds. The summed E-state index contributed by atoms with van der Waals surface area (Å²) in [4.78, 5) is 13.4. The molecule has 1 aliphatic rings. The summed E-state index contributed by atoms with van der Waals surface area (Å²) < 4.78 is 5.27. The summed E-state index contributed by atoms with van der Waals surface area (Å²) in [6.45, 7) is 2.12. The minimum Gasteiger partial charge on any atom is -0.395 e. The molecular weight excluding hydrogens is 222 g/mol. The lowest BCUT2D eigenvalue weighted by molar-refractivity contribution is -0.132. The monoisotopic (exact) mass is 245 g/mol. The van der Waals surface area contributed by atoms with Gasteiger partial charge < -0.3 is 19.8 Å². The maximum atomic E-state index is 11.8. The highest BCUT2D eigenvalue weighted by molar-refractivity contribution is 5.76. The van der Waals surface area contributed by atoms with E-state index in [1.54, 1.807) is 0 Å². The zero-order valence-electron chi connectivity index (χ0n) is 10.3. The third-order valence-corrected chi connectivity index (χ3v) is 3.20. The van der Waals surface area contributed by atoms with Gasteiger partial charge in [0, 0.05) is 32.7 Å². The number of aliphatic hydroxyl groups is 2. The highest BCUT2D eigenvalue weighted by Gasteiger charge is 2.17. The Labute approximate surface area is 102 Å². The van der Waals surface area contributed by atoms with Gasteiger partial charge in [-0.25, -0.2) is 0 Å². The third-order valence-electron chi connectivity index (χ3n) is 3.20. The Morgan fingerprint density at radius 1 is 1.18 bits per heavy atom. The number of hydrogen-bond acceptors (Lipinski definition) is 4. The first-order valence-corrected chi connectivity index (χ1v) is 6.35. The lowest BCUT2D eigenvalue weighted by Gasteiger charge is -2.24. The molecule has 0 spiro atoms. The topological polar surface area (TPSA) is 70.0 Å². The van der Waals surface area contributed by atoms with E-state index in [4.69, 9.17) is 14.9 Å². The number of amides is 1. The van der Waals surface area contributed by atoms with Gasteiger partial charge in [-0.15, -0.1) is 0 Å². The number of ether oxygens (including phenoxy) is 1. The van der Waals surface area contributed by atoms with Crippen molar-refractivity contribution in [3.8, 4) is 0 Å². The van der Waals surface area contributed by atoms with Crippen molar-refractivity contribution >= 4 is 5.91 Å². The Hall–Kier alpha value is -0.650. The average Bonchev–Trinajstić information content (AvgIpc) is 2.37. The highest BCUT2D eigenvalue weighted by atomic mass is 16.5. The lowest BCUT2D eigenvalue weighted by Crippen LogP contribution is -2.36. The molecule has 0 aliphatic carbocycles. The fourth-order valence-corrected chi connectivity index (χ4v) is 2.12. The van der Waals surface area contributed by atoms with Crippen molar-refractivity contribution in [2.24, 2.45) is 5.92 Å². The van der Waals surface area contributed by atoms with E-state index >= 15 is 0 Å². The first kappa shape index (κ1) is 14.4. The van der Waals surface area contributed by atoms with Gasteiger partial charge in [0.15, 0.2) is 0 Å². The van der Waals surface area contributed by atoms with Gasteiger partial charge in [0.25, 0.3) is 0 Å². The molecule has 5 nitrogen and oxygen atoms in total. The smallest absolute Gasteiger partial charge is 0.222 e. The first-order valence-electron chi connectivity index (χ1n) is 6.35. The van der Waals surface area contributed by atoms with E-state index in [1.165, 1.54) is 4.90 Å². The molecule has 0 bridgehead atoms. The molecule has 2 N–H and O–H groups in total. The van der Waals surface area contributed by atoms with Crippen LogP contribution in [-0.2, 0) is 9.53 Å². The summed E-state index contributed by atoms with van der Waals surface area (Å²) in [6.07, 6.45) is 3.46. The quantitative estimate of drug-likeness (QED) is 0.663. The normalized spacial score (nSPS) is 17.1. The fraction of sp³-hybridized carbons (Fsp3) is 0.917. The number of nitrogens with zero attached hydrogens (tertiary/aromatic N) is 1. The van der Waals surface area contributed by atoms with Crippen LogP contribution in [0.4, 0.5) is 0 Å². The molecule has 0 aromatic carbocycles. The largest absolute Gasteiger partial charge is 0.395 e. The average molecular weight is 245 g/mol. The van der Waals surface area contributed by atoms with Crippen molar-refractivity contribution in [3.63, 3.8) is 0 Å². The van der Waals surface area contributed by atoms with E-state index in [1.807, 2.05) is 0 Å². The molecule has 1 rings (SSSR count). The van der Waals surface area contributed by atoms with Crippen LogP contribution in [0, 0.1) is 5.92 Å². The van der Waals surface area contributed by atoms with Crippen LogP contribution in [0.15, 0.2) is 0 Å². The Balaban J connectivity index is 2.25. The van der Waals surface area contributed by atoms with Crippen LogP contribution in [0.3, 0.4) is 0 Å². The van der Waals surface area contributed by atoms with Gasteiger partial charge in [0.1, 0.15) is 0 Å². The van der Waals surface area contributed by atoms with Gasteiger partial charge in [-0.1, -0.05) is 0 Å². The van der Waals surface area contributed by atoms with E-state index < -0.39 is 0 Å². The van der Waals surface area contributed by atoms with Gasteiger partial charge >= 0.3 is 0 Å². The van der Waals surface area contributed by atoms with Crippen LogP contribution in [0.1, 0.15) is 25.7 Å². The van der Waals surface area contributed by atoms with Crippen molar-refractivity contribution in [2.75, 3.05) is 39.5 Å². The number of rotatable bonds is 7. The molecule has 1 heterocycles. The Morgan fingerprint density at radius 2 is 1.76 bits per heavy atom. The summed E-state index contributed by atoms with van der Waals surface area (Å²) in [6, 6.07) is 0. The summed E-state index contributed by atoms with van der Waals surface area (Å²) in [5.74, 6) is 0.609. The number of hydrogen-bond donors (Lipinski definition) is 2. The third kappa shape index (κ3) is 5.48. The first-order chi connectivity index (χ1) is 8.27. The SMILES string of the molecule is O=C(CCC1CCOCC1)N(CCO)CCO. The molecule has 1 saturated heterocycles. The fourth-order valence-electron chi connectivity index (χ4n) is 2.12. The summed E-state index contributed by atoms with van der Waals surface area (Å²) in [7, 11) is 0. The van der Waals surface area contributed by atoms with E-state index in [2.05, 4.69) is 0 Å². The zero-order chi connectivity index (χ0) is 12.5. The summed E-state index contributed by atoms with van der Waals surface area (Å²) >= 11 is 0. The predicted octanol–water partition coefficient (Wildman–Crippen LogP) is 0.00640. The molecule has 100 valence electrons. The highest BCUT2D eigenvalue weighted by Crippen LogP contribution is 2.20. The number of carbonyl (C=O) groups excluding carboxylic acids is 1. The van der Waals surface area contributed by atoms with Gasteiger partial charge in [-0.2, -0.15) is 0 Å². The van der Waals surface area contributed by atoms with E-state index in [-0.39, 0.29) is 19.1 Å². The molecule has 17 heavy (non-hydrogen) atoms.